The minimum absolute atomic E-state index is 0.0338. The number of carbonyl (C=O) groups excluding carboxylic acids is 1. The Balaban J connectivity index is 1.89. The number of carbonyl (C=O) groups is 1. The van der Waals surface area contributed by atoms with Crippen LogP contribution in [0.4, 0.5) is 0 Å². The molecule has 1 N–H and O–H groups in total. The molecule has 0 aromatic heterocycles. The summed E-state index contributed by atoms with van der Waals surface area (Å²) in [5.41, 5.74) is 1.86. The van der Waals surface area contributed by atoms with E-state index in [0.717, 1.165) is 55.7 Å². The van der Waals surface area contributed by atoms with Crippen molar-refractivity contribution in [2.45, 2.75) is 32.6 Å². The quantitative estimate of drug-likeness (QED) is 0.549. The van der Waals surface area contributed by atoms with Crippen molar-refractivity contribution < 1.29 is 9.53 Å². The Morgan fingerprint density at radius 3 is 2.68 bits per heavy atom. The van der Waals surface area contributed by atoms with E-state index in [2.05, 4.69) is 30.3 Å². The van der Waals surface area contributed by atoms with Gasteiger partial charge in [0.2, 0.25) is 0 Å². The average Bonchev–Trinajstić information content (AvgIpc) is 2.71. The first-order chi connectivity index (χ1) is 13.5. The van der Waals surface area contributed by atoms with Gasteiger partial charge in [-0.3, -0.25) is 9.79 Å². The summed E-state index contributed by atoms with van der Waals surface area (Å²) in [4.78, 5) is 20.8. The molecule has 1 amide bonds. The Labute approximate surface area is 170 Å². The van der Waals surface area contributed by atoms with Gasteiger partial charge in [0.25, 0.3) is 5.91 Å². The highest BCUT2D eigenvalue weighted by Gasteiger charge is 2.15. The summed E-state index contributed by atoms with van der Waals surface area (Å²) >= 11 is 0. The Kier molecular flexibility index (Phi) is 9.28. The van der Waals surface area contributed by atoms with E-state index in [1.54, 1.807) is 19.0 Å². The van der Waals surface area contributed by atoms with E-state index in [9.17, 15) is 4.79 Å². The molecule has 1 aliphatic rings. The molecule has 6 nitrogen and oxygen atoms in total. The molecule has 1 saturated heterocycles. The van der Waals surface area contributed by atoms with Crippen LogP contribution in [-0.2, 0) is 11.2 Å². The number of nitrogens with zero attached hydrogens (tertiary/aromatic N) is 3. The summed E-state index contributed by atoms with van der Waals surface area (Å²) in [6, 6.07) is 7.84. The van der Waals surface area contributed by atoms with E-state index in [1.807, 2.05) is 18.2 Å². The predicted molar refractivity (Wildman–Crippen MR) is 115 cm³/mol. The summed E-state index contributed by atoms with van der Waals surface area (Å²) in [5, 5.41) is 3.39. The molecule has 0 aliphatic carbocycles. The van der Waals surface area contributed by atoms with Crippen LogP contribution in [-0.4, -0.2) is 75.7 Å². The van der Waals surface area contributed by atoms with Crippen LogP contribution in [0.25, 0.3) is 0 Å². The van der Waals surface area contributed by atoms with E-state index in [4.69, 9.17) is 9.73 Å². The zero-order valence-corrected chi connectivity index (χ0v) is 17.9. The number of guanidine groups is 1. The molecule has 0 saturated carbocycles. The summed E-state index contributed by atoms with van der Waals surface area (Å²) in [7, 11) is 5.66. The highest BCUT2D eigenvalue weighted by Crippen LogP contribution is 2.18. The van der Waals surface area contributed by atoms with Crippen molar-refractivity contribution in [1.82, 2.24) is 15.1 Å². The van der Waals surface area contributed by atoms with Gasteiger partial charge in [0.15, 0.2) is 5.96 Å². The van der Waals surface area contributed by atoms with Crippen LogP contribution < -0.4 is 5.32 Å². The summed E-state index contributed by atoms with van der Waals surface area (Å²) < 4.78 is 5.45. The molecule has 2 rings (SSSR count). The van der Waals surface area contributed by atoms with Crippen LogP contribution >= 0.6 is 0 Å². The van der Waals surface area contributed by atoms with Crippen LogP contribution in [0.15, 0.2) is 29.3 Å². The van der Waals surface area contributed by atoms with Crippen LogP contribution in [0.3, 0.4) is 0 Å². The molecule has 1 aliphatic heterocycles. The molecular formula is C22H36N4O2. The second kappa shape index (κ2) is 11.7. The van der Waals surface area contributed by atoms with E-state index in [0.29, 0.717) is 6.54 Å². The summed E-state index contributed by atoms with van der Waals surface area (Å²) in [6.07, 6.45) is 4.34. The normalized spacial score (nSPS) is 15.4. The lowest BCUT2D eigenvalue weighted by Gasteiger charge is -2.26. The summed E-state index contributed by atoms with van der Waals surface area (Å²) in [5.74, 6) is 1.75. The average molecular weight is 389 g/mol. The van der Waals surface area contributed by atoms with Gasteiger partial charge in [0.1, 0.15) is 0 Å². The molecule has 0 bridgehead atoms. The molecule has 1 heterocycles. The predicted octanol–water partition coefficient (Wildman–Crippen LogP) is 2.64. The Morgan fingerprint density at radius 2 is 2.00 bits per heavy atom. The molecule has 0 spiro atoms. The van der Waals surface area contributed by atoms with Crippen molar-refractivity contribution in [1.29, 1.82) is 0 Å². The van der Waals surface area contributed by atoms with Crippen LogP contribution in [0.1, 0.15) is 42.1 Å². The molecule has 1 fully saturated rings. The molecule has 0 atom stereocenters. The number of hydrogen-bond acceptors (Lipinski definition) is 3. The van der Waals surface area contributed by atoms with E-state index < -0.39 is 0 Å². The lowest BCUT2D eigenvalue weighted by Crippen LogP contribution is -2.40. The minimum Gasteiger partial charge on any atom is -0.381 e. The first-order valence-electron chi connectivity index (χ1n) is 10.4. The Morgan fingerprint density at radius 1 is 1.25 bits per heavy atom. The van der Waals surface area contributed by atoms with E-state index >= 15 is 0 Å². The number of hydrogen-bond donors (Lipinski definition) is 1. The second-order valence-corrected chi connectivity index (χ2v) is 7.65. The maximum absolute atomic E-state index is 12.1. The zero-order chi connectivity index (χ0) is 20.4. The number of nitrogens with one attached hydrogen (secondary N) is 1. The van der Waals surface area contributed by atoms with Crippen LogP contribution in [0, 0.1) is 5.92 Å². The minimum atomic E-state index is 0.0338. The number of amides is 1. The molecule has 28 heavy (non-hydrogen) atoms. The van der Waals surface area contributed by atoms with Gasteiger partial charge in [-0.25, -0.2) is 0 Å². The standard InChI is InChI=1S/C22H36N4O2/c1-5-23-22(26(4)14-10-18-11-15-28-16-12-18)24-13-9-19-7-6-8-20(17-19)21(27)25(2)3/h6-8,17-18H,5,9-16H2,1-4H3,(H,23,24). The fourth-order valence-corrected chi connectivity index (χ4v) is 3.40. The fourth-order valence-electron chi connectivity index (χ4n) is 3.40. The van der Waals surface area contributed by atoms with Gasteiger partial charge in [-0.2, -0.15) is 0 Å². The molecule has 156 valence electrons. The van der Waals surface area contributed by atoms with Crippen molar-refractivity contribution in [2.24, 2.45) is 10.9 Å². The van der Waals surface area contributed by atoms with Crippen LogP contribution in [0.2, 0.25) is 0 Å². The molecule has 0 unspecified atom stereocenters. The van der Waals surface area contributed by atoms with Gasteiger partial charge in [-0.05, 0) is 56.2 Å². The van der Waals surface area contributed by atoms with Crippen molar-refractivity contribution in [2.75, 3.05) is 54.0 Å². The SMILES string of the molecule is CCNC(=NCCc1cccc(C(=O)N(C)C)c1)N(C)CCC1CCOCC1. The van der Waals surface area contributed by atoms with Gasteiger partial charge in [0, 0.05) is 59.6 Å². The van der Waals surface area contributed by atoms with Crippen molar-refractivity contribution in [3.05, 3.63) is 35.4 Å². The molecule has 1 aromatic carbocycles. The smallest absolute Gasteiger partial charge is 0.253 e. The number of benzene rings is 1. The number of ether oxygens (including phenoxy) is 1. The first kappa shape index (κ1) is 22.2. The first-order valence-corrected chi connectivity index (χ1v) is 10.4. The molecule has 6 heteroatoms. The molecular weight excluding hydrogens is 352 g/mol. The fraction of sp³-hybridized carbons (Fsp3) is 0.636. The number of rotatable bonds is 8. The maximum atomic E-state index is 12.1. The molecule has 1 aromatic rings. The third-order valence-corrected chi connectivity index (χ3v) is 5.15. The highest BCUT2D eigenvalue weighted by molar-refractivity contribution is 5.94. The summed E-state index contributed by atoms with van der Waals surface area (Å²) in [6.45, 7) is 6.45. The van der Waals surface area contributed by atoms with Crippen molar-refractivity contribution in [3.63, 3.8) is 0 Å². The van der Waals surface area contributed by atoms with E-state index in [-0.39, 0.29) is 5.91 Å². The lowest BCUT2D eigenvalue weighted by atomic mass is 9.96. The topological polar surface area (TPSA) is 57.2 Å². The largest absolute Gasteiger partial charge is 0.381 e. The third-order valence-electron chi connectivity index (χ3n) is 5.15. The van der Waals surface area contributed by atoms with Gasteiger partial charge >= 0.3 is 0 Å². The van der Waals surface area contributed by atoms with Crippen molar-refractivity contribution >= 4 is 11.9 Å². The van der Waals surface area contributed by atoms with Gasteiger partial charge < -0.3 is 19.9 Å². The monoisotopic (exact) mass is 388 g/mol. The Bertz CT molecular complexity index is 639. The Hall–Kier alpha value is -2.08. The van der Waals surface area contributed by atoms with E-state index in [1.165, 1.54) is 19.3 Å². The number of aliphatic imine (C=N–C) groups is 1. The van der Waals surface area contributed by atoms with Gasteiger partial charge in [-0.1, -0.05) is 12.1 Å². The lowest BCUT2D eigenvalue weighted by molar-refractivity contribution is 0.0625. The molecule has 0 radical (unpaired) electrons. The highest BCUT2D eigenvalue weighted by atomic mass is 16.5. The zero-order valence-electron chi connectivity index (χ0n) is 17.9. The van der Waals surface area contributed by atoms with Gasteiger partial charge in [-0.15, -0.1) is 0 Å². The van der Waals surface area contributed by atoms with Gasteiger partial charge in [0.05, 0.1) is 0 Å². The second-order valence-electron chi connectivity index (χ2n) is 7.65. The third kappa shape index (κ3) is 7.15. The van der Waals surface area contributed by atoms with Crippen LogP contribution in [0.5, 0.6) is 0 Å². The maximum Gasteiger partial charge on any atom is 0.253 e. The van der Waals surface area contributed by atoms with Crippen molar-refractivity contribution in [3.8, 4) is 0 Å².